The average molecular weight is 441 g/mol. The number of ether oxygens (including phenoxy) is 1. The number of esters is 1. The van der Waals surface area contributed by atoms with E-state index < -0.39 is 5.97 Å². The van der Waals surface area contributed by atoms with Crippen molar-refractivity contribution in [2.75, 3.05) is 0 Å². The third-order valence-corrected chi connectivity index (χ3v) is 5.27. The molecule has 0 aromatic rings. The van der Waals surface area contributed by atoms with Crippen molar-refractivity contribution in [3.8, 4) is 0 Å². The van der Waals surface area contributed by atoms with Crippen LogP contribution in [0.15, 0.2) is 12.8 Å². The molecule has 184 valence electrons. The molecule has 0 atom stereocenters. The Labute approximate surface area is 193 Å². The Hall–Kier alpha value is -1.32. The van der Waals surface area contributed by atoms with E-state index in [0.717, 1.165) is 19.8 Å². The van der Waals surface area contributed by atoms with Gasteiger partial charge in [-0.3, -0.25) is 9.59 Å². The maximum absolute atomic E-state index is 11.1. The van der Waals surface area contributed by atoms with E-state index in [1.54, 1.807) is 0 Å². The van der Waals surface area contributed by atoms with Crippen LogP contribution in [0.1, 0.15) is 143 Å². The molecule has 0 saturated carbocycles. The lowest BCUT2D eigenvalue weighted by molar-refractivity contribution is -0.138. The zero-order valence-electron chi connectivity index (χ0n) is 21.2. The molecule has 0 aromatic carbocycles. The molecule has 0 aliphatic rings. The molecule has 0 aliphatic heterocycles. The fourth-order valence-electron chi connectivity index (χ4n) is 3.55. The highest BCUT2D eigenvalue weighted by Crippen LogP contribution is 2.22. The predicted octanol–water partition coefficient (Wildman–Crippen LogP) is 8.83. The van der Waals surface area contributed by atoms with Crippen LogP contribution in [-0.2, 0) is 14.3 Å². The molecule has 0 bridgehead atoms. The number of hydrogen-bond acceptors (Lipinski definition) is 3. The summed E-state index contributed by atoms with van der Waals surface area (Å²) in [6.07, 6.45) is 24.8. The minimum atomic E-state index is -0.833. The zero-order valence-corrected chi connectivity index (χ0v) is 21.2. The van der Waals surface area contributed by atoms with Gasteiger partial charge >= 0.3 is 5.97 Å². The third-order valence-electron chi connectivity index (χ3n) is 5.27. The SMILES string of the molecule is C=COC(=O)CCCCCCCCCCCCCCCCCCC(C)(C)C.CC(=O)O. The standard InChI is InChI=1S/C25H48O2.C2H4O2/c1-5-27-24(26)22-20-18-16-14-12-10-8-6-7-9-11-13-15-17-19-21-23-25(2,3)4;1-2(3)4/h5H,1,6-23H2,2-4H3;1H3,(H,3,4). The number of unbranched alkanes of at least 4 members (excludes halogenated alkanes) is 15. The molecule has 1 N–H and O–H groups in total. The van der Waals surface area contributed by atoms with Gasteiger partial charge in [0.1, 0.15) is 0 Å². The summed E-state index contributed by atoms with van der Waals surface area (Å²) in [5.41, 5.74) is 0.515. The number of carbonyl (C=O) groups excluding carboxylic acids is 1. The molecule has 0 amide bonds. The number of aliphatic carboxylic acids is 1. The normalized spacial score (nSPS) is 10.8. The van der Waals surface area contributed by atoms with Crippen molar-refractivity contribution in [3.05, 3.63) is 12.8 Å². The lowest BCUT2D eigenvalue weighted by atomic mass is 9.89. The van der Waals surface area contributed by atoms with Gasteiger partial charge in [0.25, 0.3) is 5.97 Å². The molecule has 0 saturated heterocycles. The first-order valence-electron chi connectivity index (χ1n) is 12.7. The lowest BCUT2D eigenvalue weighted by Crippen LogP contribution is -2.03. The van der Waals surface area contributed by atoms with Crippen LogP contribution in [0.3, 0.4) is 0 Å². The van der Waals surface area contributed by atoms with Gasteiger partial charge in [0.05, 0.1) is 6.26 Å². The van der Waals surface area contributed by atoms with Crippen LogP contribution in [0.2, 0.25) is 0 Å². The fraction of sp³-hybridized carbons (Fsp3) is 0.852. The molecule has 0 rings (SSSR count). The second kappa shape index (κ2) is 23.3. The Morgan fingerprint density at radius 3 is 1.29 bits per heavy atom. The quantitative estimate of drug-likeness (QED) is 0.124. The second-order valence-electron chi connectivity index (χ2n) is 9.89. The van der Waals surface area contributed by atoms with Crippen LogP contribution >= 0.6 is 0 Å². The Balaban J connectivity index is 0. The molecular formula is C27H52O4. The van der Waals surface area contributed by atoms with E-state index in [9.17, 15) is 4.79 Å². The van der Waals surface area contributed by atoms with Crippen molar-refractivity contribution in [3.63, 3.8) is 0 Å². The molecule has 4 heteroatoms. The number of rotatable bonds is 19. The number of hydrogen-bond donors (Lipinski definition) is 1. The van der Waals surface area contributed by atoms with E-state index >= 15 is 0 Å². The van der Waals surface area contributed by atoms with Crippen molar-refractivity contribution in [1.82, 2.24) is 0 Å². The summed E-state index contributed by atoms with van der Waals surface area (Å²) < 4.78 is 4.71. The van der Waals surface area contributed by atoms with Gasteiger partial charge in [-0.1, -0.05) is 124 Å². The Morgan fingerprint density at radius 1 is 0.710 bits per heavy atom. The molecule has 31 heavy (non-hydrogen) atoms. The van der Waals surface area contributed by atoms with E-state index in [0.29, 0.717) is 11.8 Å². The Kier molecular flexibility index (Phi) is 24.0. The molecular weight excluding hydrogens is 388 g/mol. The van der Waals surface area contributed by atoms with Gasteiger partial charge in [0.15, 0.2) is 0 Å². The highest BCUT2D eigenvalue weighted by atomic mass is 16.5. The highest BCUT2D eigenvalue weighted by Gasteiger charge is 2.08. The monoisotopic (exact) mass is 440 g/mol. The topological polar surface area (TPSA) is 63.6 Å². The maximum atomic E-state index is 11.1. The number of carboxylic acids is 1. The molecule has 0 spiro atoms. The Morgan fingerprint density at radius 2 is 1.00 bits per heavy atom. The van der Waals surface area contributed by atoms with Gasteiger partial charge < -0.3 is 9.84 Å². The van der Waals surface area contributed by atoms with Crippen LogP contribution in [0, 0.1) is 5.41 Å². The second-order valence-corrected chi connectivity index (χ2v) is 9.89. The van der Waals surface area contributed by atoms with Crippen LogP contribution in [0.5, 0.6) is 0 Å². The maximum Gasteiger partial charge on any atom is 0.310 e. The molecule has 0 unspecified atom stereocenters. The average Bonchev–Trinajstić information content (AvgIpc) is 2.66. The molecule has 0 aliphatic carbocycles. The molecule has 0 radical (unpaired) electrons. The highest BCUT2D eigenvalue weighted by molar-refractivity contribution is 5.69. The zero-order chi connectivity index (χ0) is 23.8. The van der Waals surface area contributed by atoms with E-state index in [4.69, 9.17) is 14.6 Å². The molecule has 0 fully saturated rings. The largest absolute Gasteiger partial charge is 0.481 e. The molecule has 0 heterocycles. The van der Waals surface area contributed by atoms with Gasteiger partial charge in [-0.25, -0.2) is 0 Å². The lowest BCUT2D eigenvalue weighted by Gasteiger charge is -2.17. The van der Waals surface area contributed by atoms with Gasteiger partial charge in [-0.05, 0) is 18.3 Å². The first-order chi connectivity index (χ1) is 14.7. The van der Waals surface area contributed by atoms with Crippen molar-refractivity contribution < 1.29 is 19.4 Å². The van der Waals surface area contributed by atoms with Crippen LogP contribution < -0.4 is 0 Å². The van der Waals surface area contributed by atoms with Gasteiger partial charge in [0, 0.05) is 13.3 Å². The van der Waals surface area contributed by atoms with Gasteiger partial charge in [-0.15, -0.1) is 0 Å². The Bertz CT molecular complexity index is 419. The van der Waals surface area contributed by atoms with Crippen molar-refractivity contribution in [2.24, 2.45) is 5.41 Å². The number of carboxylic acid groups (broad SMARTS) is 1. The summed E-state index contributed by atoms with van der Waals surface area (Å²) in [7, 11) is 0. The smallest absolute Gasteiger partial charge is 0.310 e. The number of carbonyl (C=O) groups is 2. The van der Waals surface area contributed by atoms with E-state index in [-0.39, 0.29) is 5.97 Å². The van der Waals surface area contributed by atoms with Gasteiger partial charge in [-0.2, -0.15) is 0 Å². The summed E-state index contributed by atoms with van der Waals surface area (Å²) in [5, 5.41) is 7.42. The van der Waals surface area contributed by atoms with Crippen LogP contribution in [-0.4, -0.2) is 17.0 Å². The minimum absolute atomic E-state index is 0.148. The predicted molar refractivity (Wildman–Crippen MR) is 132 cm³/mol. The van der Waals surface area contributed by atoms with Crippen molar-refractivity contribution in [2.45, 2.75) is 143 Å². The summed E-state index contributed by atoms with van der Waals surface area (Å²) in [6.45, 7) is 11.5. The minimum Gasteiger partial charge on any atom is -0.481 e. The summed E-state index contributed by atoms with van der Waals surface area (Å²) in [4.78, 5) is 20.1. The molecule has 0 aromatic heterocycles. The first kappa shape index (κ1) is 31.9. The van der Waals surface area contributed by atoms with E-state index in [2.05, 4.69) is 27.4 Å². The summed E-state index contributed by atoms with van der Waals surface area (Å²) in [5.74, 6) is -0.981. The first-order valence-corrected chi connectivity index (χ1v) is 12.7. The van der Waals surface area contributed by atoms with E-state index in [1.165, 1.54) is 103 Å². The van der Waals surface area contributed by atoms with Crippen molar-refractivity contribution >= 4 is 11.9 Å². The molecule has 4 nitrogen and oxygen atoms in total. The van der Waals surface area contributed by atoms with Crippen LogP contribution in [0.25, 0.3) is 0 Å². The van der Waals surface area contributed by atoms with Crippen molar-refractivity contribution in [1.29, 1.82) is 0 Å². The third kappa shape index (κ3) is 36.4. The van der Waals surface area contributed by atoms with Crippen LogP contribution in [0.4, 0.5) is 0 Å². The summed E-state index contributed by atoms with van der Waals surface area (Å²) in [6, 6.07) is 0. The van der Waals surface area contributed by atoms with E-state index in [1.807, 2.05) is 0 Å². The summed E-state index contributed by atoms with van der Waals surface area (Å²) >= 11 is 0. The fourth-order valence-corrected chi connectivity index (χ4v) is 3.55. The van der Waals surface area contributed by atoms with Gasteiger partial charge in [0.2, 0.25) is 0 Å².